The molecule has 0 fully saturated rings. The summed E-state index contributed by atoms with van der Waals surface area (Å²) in [5.74, 6) is 0.404. The smallest absolute Gasteiger partial charge is 0.280 e. The third-order valence-corrected chi connectivity index (χ3v) is 4.70. The van der Waals surface area contributed by atoms with Gasteiger partial charge in [0.05, 0.1) is 10.8 Å². The molecule has 1 aliphatic carbocycles. The van der Waals surface area contributed by atoms with E-state index in [1.54, 1.807) is 12.1 Å². The molecule has 0 amide bonds. The quantitative estimate of drug-likeness (QED) is 0.617. The summed E-state index contributed by atoms with van der Waals surface area (Å²) in [5.41, 5.74) is 2.67. The summed E-state index contributed by atoms with van der Waals surface area (Å²) in [5, 5.41) is 11.2. The van der Waals surface area contributed by atoms with Crippen LogP contribution >= 0.6 is 0 Å². The third kappa shape index (κ3) is 1.82. The van der Waals surface area contributed by atoms with Gasteiger partial charge in [0.2, 0.25) is 0 Å². The van der Waals surface area contributed by atoms with E-state index in [-0.39, 0.29) is 17.0 Å². The molecule has 0 aromatic heterocycles. The largest absolute Gasteiger partial charge is 0.484 e. The van der Waals surface area contributed by atoms with Gasteiger partial charge in [0.1, 0.15) is 17.4 Å². The van der Waals surface area contributed by atoms with Crippen molar-refractivity contribution in [2.24, 2.45) is 0 Å². The molecule has 0 bridgehead atoms. The lowest BCUT2D eigenvalue weighted by Gasteiger charge is -2.10. The van der Waals surface area contributed by atoms with Gasteiger partial charge in [-0.15, -0.1) is 0 Å². The fourth-order valence-corrected chi connectivity index (χ4v) is 3.53. The van der Waals surface area contributed by atoms with Crippen molar-refractivity contribution in [3.63, 3.8) is 0 Å². The van der Waals surface area contributed by atoms with E-state index in [2.05, 4.69) is 13.8 Å². The fraction of sp³-hybridized carbons (Fsp3) is 0.278. The molecule has 23 heavy (non-hydrogen) atoms. The molecule has 116 valence electrons. The molecule has 2 unspecified atom stereocenters. The maximum atomic E-state index is 12.8. The number of Topliss-reactive ketones (excluding diaryl/α,β-unsaturated/α-hetero) is 1. The lowest BCUT2D eigenvalue weighted by atomic mass is 9.92. The summed E-state index contributed by atoms with van der Waals surface area (Å²) in [6.07, 6.45) is -0.449. The van der Waals surface area contributed by atoms with Crippen molar-refractivity contribution in [3.8, 4) is 5.75 Å². The zero-order chi connectivity index (χ0) is 16.3. The highest BCUT2D eigenvalue weighted by molar-refractivity contribution is 6.10. The van der Waals surface area contributed by atoms with E-state index in [4.69, 9.17) is 4.74 Å². The van der Waals surface area contributed by atoms with Crippen LogP contribution in [-0.2, 0) is 0 Å². The van der Waals surface area contributed by atoms with Gasteiger partial charge in [0, 0.05) is 17.2 Å². The molecule has 1 heterocycles. The van der Waals surface area contributed by atoms with Gasteiger partial charge in [-0.05, 0) is 17.5 Å². The number of hydrogen-bond donors (Lipinski definition) is 0. The van der Waals surface area contributed by atoms with Gasteiger partial charge in [-0.1, -0.05) is 38.1 Å². The van der Waals surface area contributed by atoms with Crippen LogP contribution in [0.15, 0.2) is 36.4 Å². The first kappa shape index (κ1) is 13.9. The predicted octanol–water partition coefficient (Wildman–Crippen LogP) is 4.13. The lowest BCUT2D eigenvalue weighted by Crippen LogP contribution is -2.08. The van der Waals surface area contributed by atoms with Crippen LogP contribution in [0.1, 0.15) is 58.8 Å². The molecule has 4 rings (SSSR count). The highest BCUT2D eigenvalue weighted by atomic mass is 16.6. The van der Waals surface area contributed by atoms with Crippen molar-refractivity contribution >= 4 is 11.5 Å². The van der Waals surface area contributed by atoms with Crippen LogP contribution in [0.4, 0.5) is 5.69 Å². The number of rotatable bonds is 2. The van der Waals surface area contributed by atoms with Gasteiger partial charge in [-0.2, -0.15) is 0 Å². The summed E-state index contributed by atoms with van der Waals surface area (Å²) in [6, 6.07) is 10.6. The number of carbonyl (C=O) groups is 1. The van der Waals surface area contributed by atoms with Crippen molar-refractivity contribution in [2.45, 2.75) is 31.8 Å². The van der Waals surface area contributed by atoms with E-state index in [0.717, 1.165) is 16.9 Å². The van der Waals surface area contributed by atoms with Crippen LogP contribution in [-0.4, -0.2) is 10.7 Å². The average molecular weight is 309 g/mol. The van der Waals surface area contributed by atoms with Crippen LogP contribution < -0.4 is 4.74 Å². The maximum Gasteiger partial charge on any atom is 0.280 e. The number of benzene rings is 2. The van der Waals surface area contributed by atoms with Crippen LogP contribution in [0.3, 0.4) is 0 Å². The maximum absolute atomic E-state index is 12.8. The Kier molecular flexibility index (Phi) is 2.82. The van der Waals surface area contributed by atoms with Crippen LogP contribution in [0.5, 0.6) is 5.75 Å². The summed E-state index contributed by atoms with van der Waals surface area (Å²) < 4.78 is 6.01. The molecule has 0 radical (unpaired) electrons. The standard InChI is InChI=1S/C18H15NO4/c1-9(2)10-6-7-11-14(8-10)23-18-12-4-3-5-13(19(21)22)15(12)17(20)16(11)18/h3-9,16,18H,1-2H3. The minimum absolute atomic E-state index is 0.133. The number of ketones is 1. The van der Waals surface area contributed by atoms with Gasteiger partial charge in [-0.25, -0.2) is 0 Å². The molecule has 5 heteroatoms. The van der Waals surface area contributed by atoms with E-state index in [1.165, 1.54) is 6.07 Å². The normalized spacial score (nSPS) is 20.9. The van der Waals surface area contributed by atoms with Crippen molar-refractivity contribution in [3.05, 3.63) is 68.8 Å². The summed E-state index contributed by atoms with van der Waals surface area (Å²) in [6.45, 7) is 4.20. The lowest BCUT2D eigenvalue weighted by molar-refractivity contribution is -0.385. The van der Waals surface area contributed by atoms with Crippen LogP contribution in [0.25, 0.3) is 0 Å². The van der Waals surface area contributed by atoms with Crippen LogP contribution in [0, 0.1) is 10.1 Å². The number of nitro benzene ring substituents is 1. The van der Waals surface area contributed by atoms with E-state index in [1.807, 2.05) is 18.2 Å². The number of hydrogen-bond acceptors (Lipinski definition) is 4. The van der Waals surface area contributed by atoms with Gasteiger partial charge in [0.15, 0.2) is 5.78 Å². The minimum atomic E-state index is -0.499. The molecular formula is C18H15NO4. The van der Waals surface area contributed by atoms with Crippen LogP contribution in [0.2, 0.25) is 0 Å². The molecule has 2 aromatic carbocycles. The second-order valence-electron chi connectivity index (χ2n) is 6.33. The van der Waals surface area contributed by atoms with E-state index in [0.29, 0.717) is 11.5 Å². The Balaban J connectivity index is 1.84. The van der Waals surface area contributed by atoms with Crippen molar-refractivity contribution < 1.29 is 14.5 Å². The van der Waals surface area contributed by atoms with Gasteiger partial charge < -0.3 is 4.74 Å². The molecule has 1 aliphatic heterocycles. The first-order valence-corrected chi connectivity index (χ1v) is 7.61. The zero-order valence-electron chi connectivity index (χ0n) is 12.8. The third-order valence-electron chi connectivity index (χ3n) is 4.70. The van der Waals surface area contributed by atoms with Gasteiger partial charge in [0.25, 0.3) is 5.69 Å². The SMILES string of the molecule is CC(C)c1ccc2c(c1)OC1c3cccc([N+](=O)[O-])c3C(=O)C21. The highest BCUT2D eigenvalue weighted by Gasteiger charge is 2.50. The van der Waals surface area contributed by atoms with Crippen molar-refractivity contribution in [2.75, 3.05) is 0 Å². The zero-order valence-corrected chi connectivity index (χ0v) is 12.8. The van der Waals surface area contributed by atoms with Gasteiger partial charge in [-0.3, -0.25) is 14.9 Å². The molecule has 0 saturated heterocycles. The molecule has 2 aromatic rings. The Morgan fingerprint density at radius 1 is 1.17 bits per heavy atom. The second kappa shape index (κ2) is 4.65. The average Bonchev–Trinajstić information content (AvgIpc) is 3.03. The Hall–Kier alpha value is -2.69. The first-order valence-electron chi connectivity index (χ1n) is 7.61. The number of fused-ring (bicyclic) bond motifs is 5. The van der Waals surface area contributed by atoms with E-state index in [9.17, 15) is 14.9 Å². The molecular weight excluding hydrogens is 294 g/mol. The van der Waals surface area contributed by atoms with Gasteiger partial charge >= 0.3 is 0 Å². The fourth-order valence-electron chi connectivity index (χ4n) is 3.53. The molecule has 0 N–H and O–H groups in total. The molecule has 2 aliphatic rings. The number of nitro groups is 1. The summed E-state index contributed by atoms with van der Waals surface area (Å²) in [4.78, 5) is 23.5. The summed E-state index contributed by atoms with van der Waals surface area (Å²) >= 11 is 0. The second-order valence-corrected chi connectivity index (χ2v) is 6.33. The topological polar surface area (TPSA) is 69.4 Å². The number of carbonyl (C=O) groups excluding carboxylic acids is 1. The number of nitrogens with zero attached hydrogens (tertiary/aromatic N) is 1. The Bertz CT molecular complexity index is 856. The minimum Gasteiger partial charge on any atom is -0.484 e. The van der Waals surface area contributed by atoms with E-state index < -0.39 is 16.9 Å². The summed E-state index contributed by atoms with van der Waals surface area (Å²) in [7, 11) is 0. The monoisotopic (exact) mass is 309 g/mol. The van der Waals surface area contributed by atoms with E-state index >= 15 is 0 Å². The first-order chi connectivity index (χ1) is 11.0. The highest BCUT2D eigenvalue weighted by Crippen LogP contribution is 2.54. The molecule has 0 saturated carbocycles. The van der Waals surface area contributed by atoms with Crippen molar-refractivity contribution in [1.82, 2.24) is 0 Å². The Labute approximate surface area is 133 Å². The predicted molar refractivity (Wildman–Crippen MR) is 84.1 cm³/mol. The Morgan fingerprint density at radius 2 is 1.96 bits per heavy atom. The number of ether oxygens (including phenoxy) is 1. The molecule has 0 spiro atoms. The van der Waals surface area contributed by atoms with Crippen molar-refractivity contribution in [1.29, 1.82) is 0 Å². The molecule has 5 nitrogen and oxygen atoms in total. The molecule has 2 atom stereocenters. The Morgan fingerprint density at radius 3 is 2.65 bits per heavy atom.